The number of carbonyl (C=O) groups excluding carboxylic acids is 4. The molecular weight excluding hydrogens is 612 g/mol. The van der Waals surface area contributed by atoms with Gasteiger partial charge in [-0.1, -0.05) is 64.4 Å². The number of nitrogens with one attached hydrogen (secondary N) is 3. The molecule has 1 aromatic carbocycles. The van der Waals surface area contributed by atoms with Crippen LogP contribution in [0, 0.1) is 11.8 Å². The van der Waals surface area contributed by atoms with Gasteiger partial charge in [0.2, 0.25) is 5.91 Å². The van der Waals surface area contributed by atoms with Crippen LogP contribution in [0.25, 0.3) is 0 Å². The molecule has 0 spiro atoms. The highest BCUT2D eigenvalue weighted by molar-refractivity contribution is 8.03. The number of carbonyl (C=O) groups is 5. The van der Waals surface area contributed by atoms with E-state index in [9.17, 15) is 24.0 Å². The number of carboxylic acid groups (broad SMARTS) is 1. The summed E-state index contributed by atoms with van der Waals surface area (Å²) in [6.07, 6.45) is 0.752. The van der Waals surface area contributed by atoms with Crippen molar-refractivity contribution >= 4 is 41.4 Å². The molecule has 7 atom stereocenters. The van der Waals surface area contributed by atoms with Gasteiger partial charge >= 0.3 is 11.9 Å². The number of carboxylic acids is 1. The second-order valence-corrected chi connectivity index (χ2v) is 13.7. The lowest BCUT2D eigenvalue weighted by molar-refractivity contribution is -0.148. The maximum Gasteiger partial charge on any atom is 0.322 e. The van der Waals surface area contributed by atoms with E-state index in [-0.39, 0.29) is 29.5 Å². The quantitative estimate of drug-likeness (QED) is 0.144. The summed E-state index contributed by atoms with van der Waals surface area (Å²) in [5.41, 5.74) is -0.120. The number of hydrogen-bond donors (Lipinski definition) is 4. The molecule has 1 fully saturated rings. The Bertz CT molecular complexity index is 1290. The fraction of sp³-hybridized carbons (Fsp3) is 0.606. The number of nitrogens with zero attached hydrogens (tertiary/aromatic N) is 1. The lowest BCUT2D eigenvalue weighted by atomic mass is 9.94. The van der Waals surface area contributed by atoms with Crippen LogP contribution in [0.15, 0.2) is 41.4 Å². The van der Waals surface area contributed by atoms with E-state index in [1.165, 1.54) is 18.7 Å². The van der Waals surface area contributed by atoms with E-state index in [1.54, 1.807) is 24.3 Å². The van der Waals surface area contributed by atoms with Crippen LogP contribution in [0.2, 0.25) is 0 Å². The summed E-state index contributed by atoms with van der Waals surface area (Å²) in [7, 11) is 1.79. The smallest absolute Gasteiger partial charge is 0.322 e. The normalized spacial score (nSPS) is 22.8. The molecule has 0 saturated carbocycles. The summed E-state index contributed by atoms with van der Waals surface area (Å²) in [5, 5.41) is 18.7. The Morgan fingerprint density at radius 3 is 2.41 bits per heavy atom. The van der Waals surface area contributed by atoms with Crippen LogP contribution in [0.1, 0.15) is 66.4 Å². The average Bonchev–Trinajstić information content (AvgIpc) is 3.45. The lowest BCUT2D eigenvalue weighted by Gasteiger charge is -2.36. The number of esters is 1. The monoisotopic (exact) mass is 660 g/mol. The Labute approximate surface area is 275 Å². The number of epoxide rings is 1. The molecule has 3 rings (SSSR count). The Morgan fingerprint density at radius 1 is 1.15 bits per heavy atom. The summed E-state index contributed by atoms with van der Waals surface area (Å²) < 4.78 is 11.5. The van der Waals surface area contributed by atoms with Gasteiger partial charge in [0.15, 0.2) is 5.60 Å². The van der Waals surface area contributed by atoms with Crippen LogP contribution < -0.4 is 16.0 Å². The average molecular weight is 661 g/mol. The summed E-state index contributed by atoms with van der Waals surface area (Å²) in [6.45, 7) is 10.5. The molecule has 3 unspecified atom stereocenters. The van der Waals surface area contributed by atoms with Gasteiger partial charge in [0.1, 0.15) is 29.8 Å². The molecule has 0 aliphatic carbocycles. The molecule has 254 valence electrons. The first-order chi connectivity index (χ1) is 21.7. The van der Waals surface area contributed by atoms with Crippen LogP contribution >= 0.6 is 11.8 Å². The molecule has 0 radical (unpaired) electrons. The van der Waals surface area contributed by atoms with E-state index in [2.05, 4.69) is 22.9 Å². The number of benzene rings is 1. The summed E-state index contributed by atoms with van der Waals surface area (Å²) in [4.78, 5) is 64.2. The second kappa shape index (κ2) is 16.3. The largest absolute Gasteiger partial charge is 0.480 e. The molecule has 2 heterocycles. The molecule has 12 nitrogen and oxygen atoms in total. The molecule has 2 aliphatic heterocycles. The van der Waals surface area contributed by atoms with Gasteiger partial charge in [0, 0.05) is 38.3 Å². The molecule has 46 heavy (non-hydrogen) atoms. The highest BCUT2D eigenvalue weighted by atomic mass is 32.2. The third-order valence-electron chi connectivity index (χ3n) is 8.57. The maximum atomic E-state index is 13.6. The molecule has 3 amide bonds. The van der Waals surface area contributed by atoms with Gasteiger partial charge in [-0.15, -0.1) is 11.8 Å². The Hall–Kier alpha value is -3.58. The predicted octanol–water partition coefficient (Wildman–Crippen LogP) is 2.82. The van der Waals surface area contributed by atoms with Gasteiger partial charge in [-0.25, -0.2) is 0 Å². The summed E-state index contributed by atoms with van der Waals surface area (Å²) in [5.74, 6) is -2.25. The zero-order valence-electron chi connectivity index (χ0n) is 27.7. The van der Waals surface area contributed by atoms with Gasteiger partial charge in [0.05, 0.1) is 6.04 Å². The van der Waals surface area contributed by atoms with Crippen LogP contribution in [0.5, 0.6) is 0 Å². The van der Waals surface area contributed by atoms with Crippen molar-refractivity contribution in [2.24, 2.45) is 11.8 Å². The number of aliphatic carboxylic acids is 1. The number of amides is 3. The molecule has 13 heteroatoms. The number of hydrogen-bond acceptors (Lipinski definition) is 9. The SMILES string of the molecule is CC[C@H](C)CC(=O)N(C)[C@H](C[C@@H](OC(C)=O)C1NC(C(=O)N[C@@H](Cc2ccccc2)C2OC2(C)C(=O)NCC(=O)O)=CS1)C(C)C. The minimum Gasteiger partial charge on any atom is -0.480 e. The van der Waals surface area contributed by atoms with E-state index in [1.807, 2.05) is 51.1 Å². The van der Waals surface area contributed by atoms with E-state index in [0.29, 0.717) is 19.3 Å². The van der Waals surface area contributed by atoms with Gasteiger partial charge in [0.25, 0.3) is 11.8 Å². The third kappa shape index (κ3) is 9.96. The second-order valence-electron chi connectivity index (χ2n) is 12.6. The van der Waals surface area contributed by atoms with Crippen molar-refractivity contribution in [1.29, 1.82) is 0 Å². The van der Waals surface area contributed by atoms with Crippen LogP contribution in [0.3, 0.4) is 0 Å². The number of thioether (sulfide) groups is 1. The van der Waals surface area contributed by atoms with Crippen molar-refractivity contribution in [2.45, 2.75) is 102 Å². The third-order valence-corrected chi connectivity index (χ3v) is 9.66. The highest BCUT2D eigenvalue weighted by Crippen LogP contribution is 2.40. The molecule has 4 N–H and O–H groups in total. The summed E-state index contributed by atoms with van der Waals surface area (Å²) in [6, 6.07) is 8.62. The molecule has 2 aliphatic rings. The van der Waals surface area contributed by atoms with E-state index >= 15 is 0 Å². The molecule has 1 aromatic rings. The maximum absolute atomic E-state index is 13.6. The van der Waals surface area contributed by atoms with Crippen molar-refractivity contribution in [1.82, 2.24) is 20.9 Å². The minimum atomic E-state index is -1.30. The summed E-state index contributed by atoms with van der Waals surface area (Å²) >= 11 is 1.32. The van der Waals surface area contributed by atoms with Gasteiger partial charge in [-0.05, 0) is 30.7 Å². The Balaban J connectivity index is 1.72. The van der Waals surface area contributed by atoms with Crippen LogP contribution in [0.4, 0.5) is 0 Å². The van der Waals surface area contributed by atoms with Gasteiger partial charge in [-0.3, -0.25) is 24.0 Å². The van der Waals surface area contributed by atoms with Crippen molar-refractivity contribution in [3.63, 3.8) is 0 Å². The Kier molecular flexibility index (Phi) is 13.1. The topological polar surface area (TPSA) is 167 Å². The standard InChI is InChI=1S/C33H48N4O8S/c1-8-20(4)14-27(39)37(7)25(19(2)3)16-26(44-21(5)38)31-36-24(18-46-31)30(42)35-23(15-22-12-10-9-11-13-22)29-33(6,45-29)32(43)34-17-28(40)41/h9-13,18-20,23,25-26,29,31,36H,8,14-17H2,1-7H3,(H,34,43)(H,35,42)(H,40,41)/t20-,23-,25+,26+,29?,31?,33?/m0/s1. The fourth-order valence-corrected chi connectivity index (χ4v) is 6.55. The fourth-order valence-electron chi connectivity index (χ4n) is 5.55. The first kappa shape index (κ1) is 36.9. The first-order valence-electron chi connectivity index (χ1n) is 15.7. The lowest BCUT2D eigenvalue weighted by Crippen LogP contribution is -2.49. The first-order valence-corrected chi connectivity index (χ1v) is 16.7. The van der Waals surface area contributed by atoms with Crippen molar-refractivity contribution in [3.05, 3.63) is 47.0 Å². The van der Waals surface area contributed by atoms with Crippen molar-refractivity contribution < 1.29 is 38.6 Å². The van der Waals surface area contributed by atoms with Gasteiger partial charge < -0.3 is 35.4 Å². The number of ether oxygens (including phenoxy) is 2. The van der Waals surface area contributed by atoms with Crippen molar-refractivity contribution in [3.8, 4) is 0 Å². The zero-order valence-corrected chi connectivity index (χ0v) is 28.5. The molecule has 0 aromatic heterocycles. The zero-order chi connectivity index (χ0) is 34.2. The predicted molar refractivity (Wildman–Crippen MR) is 174 cm³/mol. The molecular formula is C33H48N4O8S. The molecule has 0 bridgehead atoms. The van der Waals surface area contributed by atoms with E-state index in [4.69, 9.17) is 14.6 Å². The number of rotatable bonds is 17. The van der Waals surface area contributed by atoms with E-state index < -0.39 is 59.5 Å². The van der Waals surface area contributed by atoms with Crippen molar-refractivity contribution in [2.75, 3.05) is 13.6 Å². The van der Waals surface area contributed by atoms with Crippen LogP contribution in [-0.4, -0.2) is 88.5 Å². The Morgan fingerprint density at radius 2 is 1.83 bits per heavy atom. The van der Waals surface area contributed by atoms with E-state index in [0.717, 1.165) is 12.0 Å². The van der Waals surface area contributed by atoms with Gasteiger partial charge in [-0.2, -0.15) is 0 Å². The highest BCUT2D eigenvalue weighted by Gasteiger charge is 2.62. The molecule has 1 saturated heterocycles. The van der Waals surface area contributed by atoms with Crippen LogP contribution in [-0.2, 0) is 39.9 Å². The minimum absolute atomic E-state index is 0.0373.